The summed E-state index contributed by atoms with van der Waals surface area (Å²) in [6, 6.07) is 10.6. The summed E-state index contributed by atoms with van der Waals surface area (Å²) in [6.07, 6.45) is 1.69. The van der Waals surface area contributed by atoms with E-state index in [4.69, 9.17) is 16.3 Å². The summed E-state index contributed by atoms with van der Waals surface area (Å²) in [5.41, 5.74) is 3.14. The first-order valence-electron chi connectivity index (χ1n) is 10.5. The highest BCUT2D eigenvalue weighted by atomic mass is 35.5. The molecule has 3 aromatic rings. The lowest BCUT2D eigenvalue weighted by atomic mass is 10.1. The lowest BCUT2D eigenvalue weighted by Gasteiger charge is -2.30. The van der Waals surface area contributed by atoms with Gasteiger partial charge in [-0.1, -0.05) is 11.6 Å². The number of nitrogens with zero attached hydrogens (tertiary/aromatic N) is 3. The molecule has 0 aliphatic carbocycles. The van der Waals surface area contributed by atoms with Crippen molar-refractivity contribution in [2.75, 3.05) is 48.8 Å². The van der Waals surface area contributed by atoms with Crippen molar-refractivity contribution < 1.29 is 14.6 Å². The normalized spacial score (nSPS) is 13.5. The Morgan fingerprint density at radius 2 is 1.88 bits per heavy atom. The summed E-state index contributed by atoms with van der Waals surface area (Å²) in [6.45, 7) is 5.07. The van der Waals surface area contributed by atoms with Gasteiger partial charge in [-0.3, -0.25) is 0 Å². The molecule has 4 N–H and O–H groups in total. The van der Waals surface area contributed by atoms with Crippen LogP contribution in [0.5, 0.6) is 5.75 Å². The molecule has 0 saturated carbocycles. The molecule has 0 bridgehead atoms. The van der Waals surface area contributed by atoms with Crippen molar-refractivity contribution in [3.63, 3.8) is 0 Å². The van der Waals surface area contributed by atoms with Crippen LogP contribution in [0.2, 0.25) is 5.02 Å². The third-order valence-corrected chi connectivity index (χ3v) is 5.64. The number of methoxy groups -OCH3 is 1. The number of benzene rings is 2. The number of halogens is 1. The maximum absolute atomic E-state index is 11.9. The third kappa shape index (κ3) is 5.27. The van der Waals surface area contributed by atoms with Crippen LogP contribution in [-0.4, -0.2) is 54.3 Å². The number of carboxylic acid groups (broad SMARTS) is 1. The number of hydrogen-bond acceptors (Lipinski definition) is 8. The molecule has 1 aliphatic heterocycles. The van der Waals surface area contributed by atoms with Crippen molar-refractivity contribution in [2.45, 2.75) is 6.92 Å². The van der Waals surface area contributed by atoms with Gasteiger partial charge in [-0.05, 0) is 37.3 Å². The maximum Gasteiger partial charge on any atom is 0.337 e. The van der Waals surface area contributed by atoms with Crippen molar-refractivity contribution in [2.24, 2.45) is 0 Å². The van der Waals surface area contributed by atoms with Crippen LogP contribution in [0.4, 0.5) is 28.8 Å². The summed E-state index contributed by atoms with van der Waals surface area (Å²) in [4.78, 5) is 22.9. The molecule has 2 heterocycles. The van der Waals surface area contributed by atoms with Crippen molar-refractivity contribution in [1.82, 2.24) is 15.3 Å². The number of aromatic carboxylic acids is 1. The van der Waals surface area contributed by atoms with Crippen molar-refractivity contribution in [3.05, 3.63) is 58.7 Å². The molecule has 33 heavy (non-hydrogen) atoms. The molecule has 1 fully saturated rings. The number of aromatic nitrogens is 2. The second kappa shape index (κ2) is 9.93. The quantitative estimate of drug-likeness (QED) is 0.408. The Kier molecular flexibility index (Phi) is 6.81. The fourth-order valence-corrected chi connectivity index (χ4v) is 3.79. The van der Waals surface area contributed by atoms with Crippen LogP contribution in [0.15, 0.2) is 42.6 Å². The first-order chi connectivity index (χ1) is 15.9. The Bertz CT molecular complexity index is 1170. The van der Waals surface area contributed by atoms with Crippen LogP contribution in [0, 0.1) is 6.92 Å². The molecular formula is C23H25ClN6O3. The topological polar surface area (TPSA) is 112 Å². The number of aryl methyl sites for hydroxylation is 1. The van der Waals surface area contributed by atoms with E-state index in [2.05, 4.69) is 30.8 Å². The highest BCUT2D eigenvalue weighted by molar-refractivity contribution is 6.32. The predicted molar refractivity (Wildman–Crippen MR) is 130 cm³/mol. The molecule has 9 nitrogen and oxygen atoms in total. The zero-order valence-corrected chi connectivity index (χ0v) is 19.1. The van der Waals surface area contributed by atoms with Crippen LogP contribution in [-0.2, 0) is 0 Å². The Labute approximate surface area is 196 Å². The van der Waals surface area contributed by atoms with Gasteiger partial charge in [0.2, 0.25) is 5.95 Å². The number of carbonyl (C=O) groups is 1. The first-order valence-corrected chi connectivity index (χ1v) is 10.9. The van der Waals surface area contributed by atoms with E-state index >= 15 is 0 Å². The van der Waals surface area contributed by atoms with Crippen molar-refractivity contribution in [3.8, 4) is 5.75 Å². The number of nitrogens with one attached hydrogen (secondary N) is 3. The van der Waals surface area contributed by atoms with E-state index in [0.29, 0.717) is 33.9 Å². The minimum absolute atomic E-state index is 0.237. The van der Waals surface area contributed by atoms with Gasteiger partial charge in [-0.2, -0.15) is 4.98 Å². The Balaban J connectivity index is 1.56. The monoisotopic (exact) mass is 468 g/mol. The molecule has 0 atom stereocenters. The van der Waals surface area contributed by atoms with E-state index in [-0.39, 0.29) is 5.56 Å². The second-order valence-corrected chi connectivity index (χ2v) is 8.01. The lowest BCUT2D eigenvalue weighted by molar-refractivity contribution is 0.0697. The van der Waals surface area contributed by atoms with E-state index in [1.54, 1.807) is 31.5 Å². The number of rotatable bonds is 7. The lowest BCUT2D eigenvalue weighted by Crippen LogP contribution is -2.44. The summed E-state index contributed by atoms with van der Waals surface area (Å²) in [5, 5.41) is 19.9. The number of piperazine rings is 1. The van der Waals surface area contributed by atoms with E-state index < -0.39 is 5.97 Å². The minimum Gasteiger partial charge on any atom is -0.495 e. The fourth-order valence-electron chi connectivity index (χ4n) is 3.60. The standard InChI is InChI=1S/C23H25ClN6O3/c1-14-13-26-23(29-21(14)27-16-3-5-18(24)20(12-16)33-2)28-15-4-6-19(17(11-15)22(31)32)30-9-7-25-8-10-30/h3-6,11-13,25H,7-10H2,1-2H3,(H,31,32)(H2,26,27,28,29). The van der Waals surface area contributed by atoms with Crippen LogP contribution < -0.4 is 25.6 Å². The van der Waals surface area contributed by atoms with Gasteiger partial charge in [0.25, 0.3) is 0 Å². The van der Waals surface area contributed by atoms with Gasteiger partial charge in [-0.25, -0.2) is 9.78 Å². The number of hydrogen-bond donors (Lipinski definition) is 4. The average Bonchev–Trinajstić information content (AvgIpc) is 2.83. The maximum atomic E-state index is 11.9. The van der Waals surface area contributed by atoms with Crippen molar-refractivity contribution >= 4 is 46.4 Å². The molecule has 10 heteroatoms. The zero-order chi connectivity index (χ0) is 23.4. The van der Waals surface area contributed by atoms with E-state index in [1.165, 1.54) is 0 Å². The van der Waals surface area contributed by atoms with Gasteiger partial charge in [0.05, 0.1) is 23.4 Å². The molecule has 0 spiro atoms. The zero-order valence-electron chi connectivity index (χ0n) is 18.4. The molecule has 0 unspecified atom stereocenters. The van der Waals surface area contributed by atoms with Gasteiger partial charge in [0, 0.05) is 55.4 Å². The molecular weight excluding hydrogens is 444 g/mol. The summed E-state index contributed by atoms with van der Waals surface area (Å²) in [7, 11) is 1.56. The smallest absolute Gasteiger partial charge is 0.337 e. The van der Waals surface area contributed by atoms with Gasteiger partial charge in [0.15, 0.2) is 0 Å². The predicted octanol–water partition coefficient (Wildman–Crippen LogP) is 4.04. The molecule has 1 aliphatic rings. The third-order valence-electron chi connectivity index (χ3n) is 5.33. The van der Waals surface area contributed by atoms with Gasteiger partial charge >= 0.3 is 5.97 Å². The SMILES string of the molecule is COc1cc(Nc2nc(Nc3ccc(N4CCNCC4)c(C(=O)O)c3)ncc2C)ccc1Cl. The number of carboxylic acids is 1. The summed E-state index contributed by atoms with van der Waals surface area (Å²) < 4.78 is 5.27. The van der Waals surface area contributed by atoms with Crippen LogP contribution in [0.1, 0.15) is 15.9 Å². The largest absolute Gasteiger partial charge is 0.495 e. The highest BCUT2D eigenvalue weighted by Gasteiger charge is 2.19. The Morgan fingerprint density at radius 1 is 1.15 bits per heavy atom. The van der Waals surface area contributed by atoms with Crippen molar-refractivity contribution in [1.29, 1.82) is 0 Å². The Morgan fingerprint density at radius 3 is 2.61 bits per heavy atom. The first kappa shape index (κ1) is 22.6. The molecule has 4 rings (SSSR count). The molecule has 0 radical (unpaired) electrons. The molecule has 1 saturated heterocycles. The molecule has 1 aromatic heterocycles. The summed E-state index contributed by atoms with van der Waals surface area (Å²) >= 11 is 6.11. The second-order valence-electron chi connectivity index (χ2n) is 7.60. The molecule has 0 amide bonds. The van der Waals surface area contributed by atoms with Crippen LogP contribution >= 0.6 is 11.6 Å². The van der Waals surface area contributed by atoms with E-state index in [1.807, 2.05) is 25.1 Å². The highest BCUT2D eigenvalue weighted by Crippen LogP contribution is 2.30. The fraction of sp³-hybridized carbons (Fsp3) is 0.261. The van der Waals surface area contributed by atoms with Crippen LogP contribution in [0.3, 0.4) is 0 Å². The average molecular weight is 469 g/mol. The Hall–Kier alpha value is -3.56. The van der Waals surface area contributed by atoms with Crippen LogP contribution in [0.25, 0.3) is 0 Å². The molecule has 172 valence electrons. The van der Waals surface area contributed by atoms with Gasteiger partial charge < -0.3 is 30.7 Å². The molecule has 2 aromatic carbocycles. The van der Waals surface area contributed by atoms with E-state index in [9.17, 15) is 9.90 Å². The number of anilines is 5. The van der Waals surface area contributed by atoms with Gasteiger partial charge in [0.1, 0.15) is 11.6 Å². The van der Waals surface area contributed by atoms with Gasteiger partial charge in [-0.15, -0.1) is 0 Å². The van der Waals surface area contributed by atoms with E-state index in [0.717, 1.165) is 37.4 Å². The number of ether oxygens (including phenoxy) is 1. The minimum atomic E-state index is -0.976. The summed E-state index contributed by atoms with van der Waals surface area (Å²) in [5.74, 6) is 0.525.